The highest BCUT2D eigenvalue weighted by molar-refractivity contribution is 6.42. The molecule has 0 amide bonds. The molecule has 2 aromatic rings. The summed E-state index contributed by atoms with van der Waals surface area (Å²) in [5.74, 6) is 0.670. The Labute approximate surface area is 140 Å². The molecule has 2 aromatic carbocycles. The molecular weight excluding hydrogens is 329 g/mol. The van der Waals surface area contributed by atoms with Gasteiger partial charge in [-0.05, 0) is 48.9 Å². The first-order valence-electron chi connectivity index (χ1n) is 6.49. The standard InChI is InChI=1S/C16H16Cl3NO/c1-20-15(8-10-3-5-12(17)14(19)7-10)11-4-6-13(18)16(9-11)21-2/h3-7,9,15,20H,8H2,1-2H3. The zero-order valence-corrected chi connectivity index (χ0v) is 14.1. The Morgan fingerprint density at radius 3 is 2.33 bits per heavy atom. The molecule has 0 heterocycles. The smallest absolute Gasteiger partial charge is 0.137 e. The van der Waals surface area contributed by atoms with E-state index < -0.39 is 0 Å². The zero-order valence-electron chi connectivity index (χ0n) is 11.8. The van der Waals surface area contributed by atoms with Crippen molar-refractivity contribution in [2.45, 2.75) is 12.5 Å². The van der Waals surface area contributed by atoms with Crippen LogP contribution in [0, 0.1) is 0 Å². The van der Waals surface area contributed by atoms with Crippen LogP contribution in [-0.2, 0) is 6.42 Å². The van der Waals surface area contributed by atoms with Crippen LogP contribution in [0.4, 0.5) is 0 Å². The third-order valence-electron chi connectivity index (χ3n) is 3.35. The molecule has 0 aliphatic carbocycles. The minimum Gasteiger partial charge on any atom is -0.495 e. The van der Waals surface area contributed by atoms with Crippen molar-refractivity contribution in [3.63, 3.8) is 0 Å². The summed E-state index contributed by atoms with van der Waals surface area (Å²) < 4.78 is 5.27. The Morgan fingerprint density at radius 2 is 1.71 bits per heavy atom. The van der Waals surface area contributed by atoms with Gasteiger partial charge in [-0.2, -0.15) is 0 Å². The van der Waals surface area contributed by atoms with E-state index in [4.69, 9.17) is 39.5 Å². The van der Waals surface area contributed by atoms with Gasteiger partial charge in [-0.3, -0.25) is 0 Å². The Morgan fingerprint density at radius 1 is 1.00 bits per heavy atom. The third kappa shape index (κ3) is 4.04. The molecule has 2 nitrogen and oxygen atoms in total. The third-order valence-corrected chi connectivity index (χ3v) is 4.40. The van der Waals surface area contributed by atoms with Crippen LogP contribution in [-0.4, -0.2) is 14.2 Å². The van der Waals surface area contributed by atoms with E-state index in [2.05, 4.69) is 5.32 Å². The second kappa shape index (κ2) is 7.37. The van der Waals surface area contributed by atoms with Crippen LogP contribution >= 0.6 is 34.8 Å². The van der Waals surface area contributed by atoms with E-state index in [1.54, 1.807) is 7.11 Å². The summed E-state index contributed by atoms with van der Waals surface area (Å²) in [6.45, 7) is 0. The molecule has 0 spiro atoms. The lowest BCUT2D eigenvalue weighted by atomic mass is 9.99. The van der Waals surface area contributed by atoms with E-state index in [9.17, 15) is 0 Å². The molecule has 0 radical (unpaired) electrons. The lowest BCUT2D eigenvalue weighted by Crippen LogP contribution is -2.18. The Balaban J connectivity index is 2.25. The first kappa shape index (κ1) is 16.4. The van der Waals surface area contributed by atoms with Crippen LogP contribution in [0.3, 0.4) is 0 Å². The van der Waals surface area contributed by atoms with Gasteiger partial charge in [0.05, 0.1) is 22.2 Å². The van der Waals surface area contributed by atoms with Gasteiger partial charge in [-0.1, -0.05) is 46.9 Å². The van der Waals surface area contributed by atoms with E-state index in [-0.39, 0.29) is 6.04 Å². The maximum atomic E-state index is 6.07. The molecule has 0 aliphatic rings. The van der Waals surface area contributed by atoms with Gasteiger partial charge >= 0.3 is 0 Å². The lowest BCUT2D eigenvalue weighted by molar-refractivity contribution is 0.413. The second-order valence-corrected chi connectivity index (χ2v) is 5.91. The van der Waals surface area contributed by atoms with E-state index in [0.29, 0.717) is 20.8 Å². The fourth-order valence-electron chi connectivity index (χ4n) is 2.18. The Hall–Kier alpha value is -0.930. The zero-order chi connectivity index (χ0) is 15.4. The molecule has 0 saturated carbocycles. The lowest BCUT2D eigenvalue weighted by Gasteiger charge is -2.18. The van der Waals surface area contributed by atoms with Crippen LogP contribution in [0.15, 0.2) is 36.4 Å². The summed E-state index contributed by atoms with van der Waals surface area (Å²) in [5, 5.41) is 5.03. The molecule has 1 N–H and O–H groups in total. The van der Waals surface area contributed by atoms with Crippen LogP contribution in [0.25, 0.3) is 0 Å². The summed E-state index contributed by atoms with van der Waals surface area (Å²) in [6, 6.07) is 11.6. The number of methoxy groups -OCH3 is 1. The van der Waals surface area contributed by atoms with Gasteiger partial charge in [0.2, 0.25) is 0 Å². The number of ether oxygens (including phenoxy) is 1. The highest BCUT2D eigenvalue weighted by atomic mass is 35.5. The highest BCUT2D eigenvalue weighted by Gasteiger charge is 2.13. The number of nitrogens with one attached hydrogen (secondary N) is 1. The van der Waals surface area contributed by atoms with Gasteiger partial charge in [0, 0.05) is 6.04 Å². The second-order valence-electron chi connectivity index (χ2n) is 4.69. The summed E-state index contributed by atoms with van der Waals surface area (Å²) in [6.07, 6.45) is 0.790. The fourth-order valence-corrected chi connectivity index (χ4v) is 2.70. The highest BCUT2D eigenvalue weighted by Crippen LogP contribution is 2.30. The number of rotatable bonds is 5. The van der Waals surface area contributed by atoms with Gasteiger partial charge in [0.15, 0.2) is 0 Å². The number of hydrogen-bond acceptors (Lipinski definition) is 2. The average Bonchev–Trinajstić information content (AvgIpc) is 2.49. The maximum Gasteiger partial charge on any atom is 0.137 e. The predicted molar refractivity (Wildman–Crippen MR) is 90.0 cm³/mol. The molecule has 0 bridgehead atoms. The van der Waals surface area contributed by atoms with E-state index in [0.717, 1.165) is 17.5 Å². The topological polar surface area (TPSA) is 21.3 Å². The Bertz CT molecular complexity index is 631. The quantitative estimate of drug-likeness (QED) is 0.809. The van der Waals surface area contributed by atoms with Gasteiger partial charge in [-0.25, -0.2) is 0 Å². The molecule has 5 heteroatoms. The van der Waals surface area contributed by atoms with Crippen molar-refractivity contribution in [1.29, 1.82) is 0 Å². The molecule has 0 saturated heterocycles. The number of likely N-dealkylation sites (N-methyl/N-ethyl adjacent to an activating group) is 1. The number of benzene rings is 2. The number of halogens is 3. The predicted octanol–water partition coefficient (Wildman–Crippen LogP) is 5.16. The van der Waals surface area contributed by atoms with Crippen LogP contribution in [0.1, 0.15) is 17.2 Å². The summed E-state index contributed by atoms with van der Waals surface area (Å²) in [5.41, 5.74) is 2.21. The van der Waals surface area contributed by atoms with Crippen molar-refractivity contribution < 1.29 is 4.74 Å². The maximum absolute atomic E-state index is 6.07. The largest absolute Gasteiger partial charge is 0.495 e. The monoisotopic (exact) mass is 343 g/mol. The SMILES string of the molecule is CNC(Cc1ccc(Cl)c(Cl)c1)c1ccc(Cl)c(OC)c1. The molecule has 21 heavy (non-hydrogen) atoms. The molecule has 0 fully saturated rings. The molecule has 1 unspecified atom stereocenters. The van der Waals surface area contributed by atoms with Gasteiger partial charge in [0.25, 0.3) is 0 Å². The van der Waals surface area contributed by atoms with Crippen LogP contribution in [0.2, 0.25) is 15.1 Å². The molecule has 2 rings (SSSR count). The minimum atomic E-state index is 0.133. The van der Waals surface area contributed by atoms with Crippen molar-refractivity contribution in [2.24, 2.45) is 0 Å². The normalized spacial score (nSPS) is 12.2. The van der Waals surface area contributed by atoms with Crippen LogP contribution < -0.4 is 10.1 Å². The average molecular weight is 345 g/mol. The van der Waals surface area contributed by atoms with Gasteiger partial charge < -0.3 is 10.1 Å². The van der Waals surface area contributed by atoms with Crippen molar-refractivity contribution in [3.8, 4) is 5.75 Å². The summed E-state index contributed by atoms with van der Waals surface area (Å²) >= 11 is 18.1. The van der Waals surface area contributed by atoms with Crippen LogP contribution in [0.5, 0.6) is 5.75 Å². The first-order valence-corrected chi connectivity index (χ1v) is 7.63. The summed E-state index contributed by atoms with van der Waals surface area (Å²) in [4.78, 5) is 0. The number of hydrogen-bond donors (Lipinski definition) is 1. The molecule has 0 aromatic heterocycles. The van der Waals surface area contributed by atoms with E-state index in [1.807, 2.05) is 43.4 Å². The fraction of sp³-hybridized carbons (Fsp3) is 0.250. The molecular formula is C16H16Cl3NO. The van der Waals surface area contributed by atoms with Crippen molar-refractivity contribution in [2.75, 3.05) is 14.2 Å². The van der Waals surface area contributed by atoms with Gasteiger partial charge in [-0.15, -0.1) is 0 Å². The van der Waals surface area contributed by atoms with Crippen molar-refractivity contribution in [3.05, 3.63) is 62.6 Å². The first-order chi connectivity index (χ1) is 10.0. The van der Waals surface area contributed by atoms with Crippen molar-refractivity contribution in [1.82, 2.24) is 5.32 Å². The summed E-state index contributed by atoms with van der Waals surface area (Å²) in [7, 11) is 3.53. The Kier molecular flexibility index (Phi) is 5.77. The van der Waals surface area contributed by atoms with E-state index in [1.165, 1.54) is 0 Å². The van der Waals surface area contributed by atoms with Crippen molar-refractivity contribution >= 4 is 34.8 Å². The van der Waals surface area contributed by atoms with Gasteiger partial charge in [0.1, 0.15) is 5.75 Å². The molecule has 1 atom stereocenters. The molecule has 0 aliphatic heterocycles. The minimum absolute atomic E-state index is 0.133. The molecule has 112 valence electrons. The van der Waals surface area contributed by atoms with E-state index >= 15 is 0 Å².